The molecule has 30 heavy (non-hydrogen) atoms. The van der Waals surface area contributed by atoms with Gasteiger partial charge in [0.1, 0.15) is 6.61 Å². The number of anilines is 1. The summed E-state index contributed by atoms with van der Waals surface area (Å²) in [5, 5.41) is 12.1. The van der Waals surface area contributed by atoms with Crippen molar-refractivity contribution in [3.63, 3.8) is 0 Å². The van der Waals surface area contributed by atoms with E-state index < -0.39 is 12.1 Å². The number of hydrogen-bond donors (Lipinski definition) is 2. The molecule has 1 amide bonds. The number of carbonyl (C=O) groups excluding carboxylic acids is 1. The first-order valence-electron chi connectivity index (χ1n) is 10.1. The maximum atomic E-state index is 12.1. The topological polar surface area (TPSA) is 84.9 Å². The molecular weight excluding hydrogens is 406 g/mol. The van der Waals surface area contributed by atoms with Gasteiger partial charge in [0, 0.05) is 10.7 Å². The SMILES string of the molecule is O=C(O)COCC1CCC(COC(=O)Nc2ccc(-c3ccc(Cl)cc3)cc2)CC1. The first-order chi connectivity index (χ1) is 14.5. The summed E-state index contributed by atoms with van der Waals surface area (Å²) in [4.78, 5) is 22.6. The largest absolute Gasteiger partial charge is 0.480 e. The van der Waals surface area contributed by atoms with Gasteiger partial charge in [-0.1, -0.05) is 35.9 Å². The van der Waals surface area contributed by atoms with E-state index in [2.05, 4.69) is 5.32 Å². The average Bonchev–Trinajstić information content (AvgIpc) is 2.74. The number of halogens is 1. The molecule has 1 saturated carbocycles. The predicted octanol–water partition coefficient (Wildman–Crippen LogP) is 5.46. The van der Waals surface area contributed by atoms with Crippen LogP contribution < -0.4 is 5.32 Å². The summed E-state index contributed by atoms with van der Waals surface area (Å²) >= 11 is 5.92. The Morgan fingerprint density at radius 3 is 2.00 bits per heavy atom. The van der Waals surface area contributed by atoms with E-state index in [0.717, 1.165) is 36.8 Å². The maximum Gasteiger partial charge on any atom is 0.411 e. The summed E-state index contributed by atoms with van der Waals surface area (Å²) in [7, 11) is 0. The highest BCUT2D eigenvalue weighted by atomic mass is 35.5. The summed E-state index contributed by atoms with van der Waals surface area (Å²) in [6.07, 6.45) is 3.36. The highest BCUT2D eigenvalue weighted by Crippen LogP contribution is 2.29. The third kappa shape index (κ3) is 7.04. The first kappa shape index (κ1) is 22.1. The smallest absolute Gasteiger partial charge is 0.411 e. The Hall–Kier alpha value is -2.57. The summed E-state index contributed by atoms with van der Waals surface area (Å²) in [5.74, 6) is -0.227. The maximum absolute atomic E-state index is 12.1. The predicted molar refractivity (Wildman–Crippen MR) is 116 cm³/mol. The lowest BCUT2D eigenvalue weighted by Gasteiger charge is -2.27. The number of rotatable bonds is 8. The monoisotopic (exact) mass is 431 g/mol. The number of amides is 1. The van der Waals surface area contributed by atoms with Gasteiger partial charge in [-0.15, -0.1) is 0 Å². The summed E-state index contributed by atoms with van der Waals surface area (Å²) < 4.78 is 10.6. The van der Waals surface area contributed by atoms with E-state index in [-0.39, 0.29) is 6.61 Å². The number of carboxylic acids is 1. The molecule has 2 N–H and O–H groups in total. The Balaban J connectivity index is 1.37. The summed E-state index contributed by atoms with van der Waals surface area (Å²) in [6.45, 7) is 0.619. The molecule has 2 aromatic carbocycles. The van der Waals surface area contributed by atoms with Crippen LogP contribution in [0.2, 0.25) is 5.02 Å². The molecule has 6 nitrogen and oxygen atoms in total. The molecule has 0 atom stereocenters. The third-order valence-corrected chi connectivity index (χ3v) is 5.56. The van der Waals surface area contributed by atoms with Crippen LogP contribution in [0.4, 0.5) is 10.5 Å². The Morgan fingerprint density at radius 1 is 0.900 bits per heavy atom. The number of nitrogens with one attached hydrogen (secondary N) is 1. The molecule has 0 aliphatic heterocycles. The highest BCUT2D eigenvalue weighted by molar-refractivity contribution is 6.30. The molecule has 0 radical (unpaired) electrons. The van der Waals surface area contributed by atoms with Gasteiger partial charge in [0.25, 0.3) is 0 Å². The molecular formula is C23H26ClNO5. The van der Waals surface area contributed by atoms with Crippen molar-refractivity contribution in [2.45, 2.75) is 25.7 Å². The zero-order valence-corrected chi connectivity index (χ0v) is 17.4. The second-order valence-corrected chi connectivity index (χ2v) is 8.04. The van der Waals surface area contributed by atoms with Crippen molar-refractivity contribution in [2.75, 3.05) is 25.1 Å². The van der Waals surface area contributed by atoms with Gasteiger partial charge in [0.2, 0.25) is 0 Å². The van der Waals surface area contributed by atoms with E-state index in [0.29, 0.717) is 35.8 Å². The van der Waals surface area contributed by atoms with Crippen LogP contribution in [0.3, 0.4) is 0 Å². The normalized spacial score (nSPS) is 18.6. The fraction of sp³-hybridized carbons (Fsp3) is 0.391. The first-order valence-corrected chi connectivity index (χ1v) is 10.5. The van der Waals surface area contributed by atoms with Gasteiger partial charge in [-0.2, -0.15) is 0 Å². The van der Waals surface area contributed by atoms with Crippen LogP contribution in [0, 0.1) is 11.8 Å². The Kier molecular flexibility index (Phi) is 8.11. The molecule has 0 saturated heterocycles. The summed E-state index contributed by atoms with van der Waals surface area (Å²) in [5.41, 5.74) is 2.77. The minimum atomic E-state index is -0.942. The van der Waals surface area contributed by atoms with Crippen molar-refractivity contribution in [1.29, 1.82) is 0 Å². The van der Waals surface area contributed by atoms with Crippen LogP contribution in [0.5, 0.6) is 0 Å². The van der Waals surface area contributed by atoms with Gasteiger partial charge >= 0.3 is 12.1 Å². The molecule has 0 bridgehead atoms. The van der Waals surface area contributed by atoms with E-state index >= 15 is 0 Å². The van der Waals surface area contributed by atoms with Crippen LogP contribution in [0.1, 0.15) is 25.7 Å². The van der Waals surface area contributed by atoms with Crippen molar-refractivity contribution in [1.82, 2.24) is 0 Å². The van der Waals surface area contributed by atoms with Crippen LogP contribution in [0.25, 0.3) is 11.1 Å². The Labute approximate surface area is 181 Å². The van der Waals surface area contributed by atoms with Gasteiger partial charge in [-0.25, -0.2) is 9.59 Å². The van der Waals surface area contributed by atoms with E-state index in [1.165, 1.54) is 0 Å². The van der Waals surface area contributed by atoms with Crippen molar-refractivity contribution < 1.29 is 24.2 Å². The number of hydrogen-bond acceptors (Lipinski definition) is 4. The number of carboxylic acid groups (broad SMARTS) is 1. The molecule has 0 spiro atoms. The van der Waals surface area contributed by atoms with Crippen LogP contribution in [-0.2, 0) is 14.3 Å². The molecule has 1 aliphatic carbocycles. The lowest BCUT2D eigenvalue weighted by Crippen LogP contribution is -2.25. The average molecular weight is 432 g/mol. The molecule has 3 rings (SSSR count). The fourth-order valence-electron chi connectivity index (χ4n) is 3.61. The molecule has 0 unspecified atom stereocenters. The highest BCUT2D eigenvalue weighted by Gasteiger charge is 2.22. The lowest BCUT2D eigenvalue weighted by atomic mass is 9.83. The van der Waals surface area contributed by atoms with E-state index in [1.54, 1.807) is 0 Å². The molecule has 0 heterocycles. The van der Waals surface area contributed by atoms with Crippen molar-refractivity contribution in [3.05, 3.63) is 53.6 Å². The number of aliphatic carboxylic acids is 1. The lowest BCUT2D eigenvalue weighted by molar-refractivity contribution is -0.142. The van der Waals surface area contributed by atoms with Crippen LogP contribution in [-0.4, -0.2) is 37.0 Å². The second-order valence-electron chi connectivity index (χ2n) is 7.60. The zero-order valence-electron chi connectivity index (χ0n) is 16.7. The number of ether oxygens (including phenoxy) is 2. The third-order valence-electron chi connectivity index (χ3n) is 5.30. The Morgan fingerprint density at radius 2 is 1.43 bits per heavy atom. The number of carbonyl (C=O) groups is 2. The standard InChI is InChI=1S/C23H26ClNO5/c24-20-9-5-18(6-10-20)19-7-11-21(12-8-19)25-23(28)30-14-17-3-1-16(2-4-17)13-29-15-22(26)27/h5-12,16-17H,1-4,13-15H2,(H,25,28)(H,26,27). The minimum absolute atomic E-state index is 0.246. The molecule has 7 heteroatoms. The molecule has 160 valence electrons. The van der Waals surface area contributed by atoms with Gasteiger partial charge in [-0.3, -0.25) is 5.32 Å². The molecule has 1 aliphatic rings. The van der Waals surface area contributed by atoms with E-state index in [1.807, 2.05) is 48.5 Å². The van der Waals surface area contributed by atoms with Gasteiger partial charge in [-0.05, 0) is 72.9 Å². The molecule has 1 fully saturated rings. The van der Waals surface area contributed by atoms with Crippen LogP contribution in [0.15, 0.2) is 48.5 Å². The van der Waals surface area contributed by atoms with Crippen molar-refractivity contribution in [3.8, 4) is 11.1 Å². The number of benzene rings is 2. The zero-order chi connectivity index (χ0) is 21.3. The van der Waals surface area contributed by atoms with E-state index in [9.17, 15) is 9.59 Å². The van der Waals surface area contributed by atoms with Crippen molar-refractivity contribution in [2.24, 2.45) is 11.8 Å². The quantitative estimate of drug-likeness (QED) is 0.579. The van der Waals surface area contributed by atoms with Gasteiger partial charge in [0.15, 0.2) is 0 Å². The van der Waals surface area contributed by atoms with Gasteiger partial charge in [0.05, 0.1) is 13.2 Å². The summed E-state index contributed by atoms with van der Waals surface area (Å²) in [6, 6.07) is 15.1. The van der Waals surface area contributed by atoms with Crippen LogP contribution >= 0.6 is 11.6 Å². The Bertz CT molecular complexity index is 830. The van der Waals surface area contributed by atoms with Crippen molar-refractivity contribution >= 4 is 29.4 Å². The minimum Gasteiger partial charge on any atom is -0.480 e. The van der Waals surface area contributed by atoms with E-state index in [4.69, 9.17) is 26.2 Å². The molecule has 0 aromatic heterocycles. The van der Waals surface area contributed by atoms with Gasteiger partial charge < -0.3 is 14.6 Å². The second kappa shape index (κ2) is 11.0. The fourth-order valence-corrected chi connectivity index (χ4v) is 3.74. The molecule has 2 aromatic rings.